The molecule has 0 aliphatic heterocycles. The number of nitrogens with two attached hydrogens (primary N) is 1. The summed E-state index contributed by atoms with van der Waals surface area (Å²) in [4.78, 5) is 0. The molecule has 0 fully saturated rings. The topological polar surface area (TPSA) is 43.8 Å². The van der Waals surface area contributed by atoms with E-state index in [-0.39, 0.29) is 6.04 Å². The Morgan fingerprint density at radius 1 is 1.28 bits per heavy atom. The van der Waals surface area contributed by atoms with Crippen LogP contribution in [0.15, 0.2) is 12.3 Å². The number of aromatic nitrogens is 2. The molecule has 2 atom stereocenters. The first-order valence-corrected chi connectivity index (χ1v) is 7.47. The third-order valence-electron chi connectivity index (χ3n) is 3.61. The maximum atomic E-state index is 6.16. The van der Waals surface area contributed by atoms with Crippen molar-refractivity contribution in [1.82, 2.24) is 9.78 Å². The van der Waals surface area contributed by atoms with Crippen molar-refractivity contribution < 1.29 is 0 Å². The van der Waals surface area contributed by atoms with Crippen molar-refractivity contribution in [2.45, 2.75) is 77.8 Å². The van der Waals surface area contributed by atoms with Crippen LogP contribution in [-0.2, 0) is 6.42 Å². The zero-order chi connectivity index (χ0) is 13.4. The van der Waals surface area contributed by atoms with E-state index in [2.05, 4.69) is 42.8 Å². The summed E-state index contributed by atoms with van der Waals surface area (Å²) >= 11 is 0. The van der Waals surface area contributed by atoms with Gasteiger partial charge in [-0.05, 0) is 25.8 Å². The maximum Gasteiger partial charge on any atom is 0.0640 e. The van der Waals surface area contributed by atoms with Gasteiger partial charge in [-0.2, -0.15) is 5.10 Å². The van der Waals surface area contributed by atoms with Crippen LogP contribution in [0.25, 0.3) is 0 Å². The van der Waals surface area contributed by atoms with E-state index in [1.54, 1.807) is 0 Å². The number of nitrogens with zero attached hydrogens (tertiary/aromatic N) is 2. The van der Waals surface area contributed by atoms with Gasteiger partial charge in [-0.1, -0.05) is 39.5 Å². The van der Waals surface area contributed by atoms with Gasteiger partial charge in [-0.3, -0.25) is 4.68 Å². The van der Waals surface area contributed by atoms with Crippen molar-refractivity contribution in [3.05, 3.63) is 18.0 Å². The van der Waals surface area contributed by atoms with Gasteiger partial charge in [0.25, 0.3) is 0 Å². The largest absolute Gasteiger partial charge is 0.327 e. The van der Waals surface area contributed by atoms with Gasteiger partial charge in [0.05, 0.1) is 5.69 Å². The van der Waals surface area contributed by atoms with Crippen LogP contribution in [0.5, 0.6) is 0 Å². The molecular weight excluding hydrogens is 222 g/mol. The first-order valence-electron chi connectivity index (χ1n) is 7.47. The van der Waals surface area contributed by atoms with Crippen LogP contribution in [0, 0.1) is 0 Å². The SMILES string of the molecule is CCCCCCC(N)Cc1ccn(C(C)CC)n1. The lowest BCUT2D eigenvalue weighted by Crippen LogP contribution is -2.23. The number of hydrogen-bond acceptors (Lipinski definition) is 2. The maximum absolute atomic E-state index is 6.16. The van der Waals surface area contributed by atoms with Crippen LogP contribution in [0.2, 0.25) is 0 Å². The lowest BCUT2D eigenvalue weighted by Gasteiger charge is -2.10. The molecule has 1 aromatic rings. The highest BCUT2D eigenvalue weighted by Gasteiger charge is 2.08. The first-order chi connectivity index (χ1) is 8.67. The van der Waals surface area contributed by atoms with Gasteiger partial charge in [0.15, 0.2) is 0 Å². The molecule has 18 heavy (non-hydrogen) atoms. The van der Waals surface area contributed by atoms with E-state index in [0.717, 1.165) is 25.0 Å². The molecule has 1 heterocycles. The van der Waals surface area contributed by atoms with Gasteiger partial charge in [0.1, 0.15) is 0 Å². The van der Waals surface area contributed by atoms with Crippen LogP contribution >= 0.6 is 0 Å². The average Bonchev–Trinajstić information content (AvgIpc) is 2.82. The molecule has 0 amide bonds. The molecule has 0 aliphatic rings. The zero-order valence-corrected chi connectivity index (χ0v) is 12.2. The van der Waals surface area contributed by atoms with Crippen LogP contribution in [-0.4, -0.2) is 15.8 Å². The normalized spacial score (nSPS) is 14.7. The Morgan fingerprint density at radius 3 is 2.72 bits per heavy atom. The van der Waals surface area contributed by atoms with Gasteiger partial charge in [-0.15, -0.1) is 0 Å². The van der Waals surface area contributed by atoms with Gasteiger partial charge >= 0.3 is 0 Å². The van der Waals surface area contributed by atoms with Crippen LogP contribution in [0.3, 0.4) is 0 Å². The fraction of sp³-hybridized carbons (Fsp3) is 0.800. The Bertz CT molecular complexity index is 319. The monoisotopic (exact) mass is 251 g/mol. The number of rotatable bonds is 9. The van der Waals surface area contributed by atoms with Gasteiger partial charge in [0, 0.05) is 24.7 Å². The Labute approximate surface area is 112 Å². The summed E-state index contributed by atoms with van der Waals surface area (Å²) in [5.41, 5.74) is 7.29. The fourth-order valence-corrected chi connectivity index (χ4v) is 2.12. The van der Waals surface area contributed by atoms with Gasteiger partial charge < -0.3 is 5.73 Å². The Morgan fingerprint density at radius 2 is 2.06 bits per heavy atom. The van der Waals surface area contributed by atoms with Crippen molar-refractivity contribution >= 4 is 0 Å². The molecule has 0 bridgehead atoms. The van der Waals surface area contributed by atoms with E-state index in [9.17, 15) is 0 Å². The molecule has 3 nitrogen and oxygen atoms in total. The molecule has 0 spiro atoms. The van der Waals surface area contributed by atoms with E-state index in [0.29, 0.717) is 6.04 Å². The van der Waals surface area contributed by atoms with E-state index < -0.39 is 0 Å². The second-order valence-corrected chi connectivity index (χ2v) is 5.36. The van der Waals surface area contributed by atoms with Gasteiger partial charge in [0.2, 0.25) is 0 Å². The second kappa shape index (κ2) is 8.30. The molecule has 104 valence electrons. The highest BCUT2D eigenvalue weighted by atomic mass is 15.3. The standard InChI is InChI=1S/C15H29N3/c1-4-6-7-8-9-14(16)12-15-10-11-18(17-15)13(3)5-2/h10-11,13-14H,4-9,12,16H2,1-3H3. The Hall–Kier alpha value is -0.830. The molecule has 2 unspecified atom stereocenters. The molecule has 2 N–H and O–H groups in total. The van der Waals surface area contributed by atoms with Crippen molar-refractivity contribution in [2.75, 3.05) is 0 Å². The summed E-state index contributed by atoms with van der Waals surface area (Å²) in [7, 11) is 0. The lowest BCUT2D eigenvalue weighted by atomic mass is 10.0. The molecule has 0 aromatic carbocycles. The molecule has 0 radical (unpaired) electrons. The minimum atomic E-state index is 0.266. The minimum absolute atomic E-state index is 0.266. The van der Waals surface area contributed by atoms with Crippen molar-refractivity contribution in [3.8, 4) is 0 Å². The lowest BCUT2D eigenvalue weighted by molar-refractivity contribution is 0.468. The van der Waals surface area contributed by atoms with E-state index in [1.807, 2.05) is 0 Å². The minimum Gasteiger partial charge on any atom is -0.327 e. The van der Waals surface area contributed by atoms with Crippen LogP contribution in [0.1, 0.15) is 71.0 Å². The first kappa shape index (κ1) is 15.2. The van der Waals surface area contributed by atoms with Crippen molar-refractivity contribution in [1.29, 1.82) is 0 Å². The molecule has 0 saturated carbocycles. The summed E-state index contributed by atoms with van der Waals surface area (Å²) in [6.07, 6.45) is 10.4. The van der Waals surface area contributed by atoms with E-state index >= 15 is 0 Å². The quantitative estimate of drug-likeness (QED) is 0.680. The molecule has 0 saturated heterocycles. The molecule has 1 rings (SSSR count). The third-order valence-corrected chi connectivity index (χ3v) is 3.61. The molecule has 0 aliphatic carbocycles. The molecule has 1 aromatic heterocycles. The Balaban J connectivity index is 2.30. The Kier molecular flexibility index (Phi) is 7.02. The summed E-state index contributed by atoms with van der Waals surface area (Å²) in [5, 5.41) is 4.60. The number of unbranched alkanes of at least 4 members (excludes halogenated alkanes) is 3. The molecular formula is C15H29N3. The predicted octanol–water partition coefficient (Wildman–Crippen LogP) is 3.69. The third kappa shape index (κ3) is 5.21. The van der Waals surface area contributed by atoms with Gasteiger partial charge in [-0.25, -0.2) is 0 Å². The smallest absolute Gasteiger partial charge is 0.0640 e. The van der Waals surface area contributed by atoms with E-state index in [4.69, 9.17) is 5.73 Å². The fourth-order valence-electron chi connectivity index (χ4n) is 2.12. The highest BCUT2D eigenvalue weighted by molar-refractivity contribution is 5.01. The van der Waals surface area contributed by atoms with Crippen molar-refractivity contribution in [2.24, 2.45) is 5.73 Å². The predicted molar refractivity (Wildman–Crippen MR) is 77.7 cm³/mol. The van der Waals surface area contributed by atoms with Crippen molar-refractivity contribution in [3.63, 3.8) is 0 Å². The van der Waals surface area contributed by atoms with Crippen LogP contribution < -0.4 is 5.73 Å². The van der Waals surface area contributed by atoms with Crippen LogP contribution in [0.4, 0.5) is 0 Å². The summed E-state index contributed by atoms with van der Waals surface area (Å²) in [5.74, 6) is 0. The molecule has 3 heteroatoms. The number of hydrogen-bond donors (Lipinski definition) is 1. The average molecular weight is 251 g/mol. The zero-order valence-electron chi connectivity index (χ0n) is 12.2. The summed E-state index contributed by atoms with van der Waals surface area (Å²) in [6.45, 7) is 6.62. The second-order valence-electron chi connectivity index (χ2n) is 5.36. The highest BCUT2D eigenvalue weighted by Crippen LogP contribution is 2.12. The summed E-state index contributed by atoms with van der Waals surface area (Å²) < 4.78 is 2.05. The van der Waals surface area contributed by atoms with E-state index in [1.165, 1.54) is 25.7 Å². The summed E-state index contributed by atoms with van der Waals surface area (Å²) in [6, 6.07) is 2.86.